The van der Waals surface area contributed by atoms with Crippen LogP contribution in [0, 0.1) is 0 Å². The zero-order valence-electron chi connectivity index (χ0n) is 12.9. The number of para-hydroxylation sites is 1. The van der Waals surface area contributed by atoms with Crippen LogP contribution in [0.2, 0.25) is 0 Å². The van der Waals surface area contributed by atoms with Crippen molar-refractivity contribution in [1.29, 1.82) is 0 Å². The summed E-state index contributed by atoms with van der Waals surface area (Å²) >= 11 is 0. The number of carbonyl (C=O) groups excluding carboxylic acids is 1. The van der Waals surface area contributed by atoms with Crippen molar-refractivity contribution < 1.29 is 27.4 Å². The van der Waals surface area contributed by atoms with Crippen LogP contribution in [0.25, 0.3) is 0 Å². The molecule has 1 N–H and O–H groups in total. The predicted molar refractivity (Wildman–Crippen MR) is 77.1 cm³/mol. The van der Waals surface area contributed by atoms with Crippen LogP contribution in [-0.2, 0) is 16.1 Å². The highest BCUT2D eigenvalue weighted by Crippen LogP contribution is 2.40. The number of hydrogen-bond donors (Lipinski definition) is 1. The van der Waals surface area contributed by atoms with Crippen LogP contribution in [-0.4, -0.2) is 56.4 Å². The summed E-state index contributed by atoms with van der Waals surface area (Å²) < 4.78 is 48.3. The zero-order chi connectivity index (χ0) is 17.1. The molecule has 23 heavy (non-hydrogen) atoms. The van der Waals surface area contributed by atoms with Crippen LogP contribution < -0.4 is 10.1 Å². The third kappa shape index (κ3) is 3.76. The molecule has 1 aliphatic rings. The van der Waals surface area contributed by atoms with Gasteiger partial charge in [-0.3, -0.25) is 9.69 Å². The summed E-state index contributed by atoms with van der Waals surface area (Å²) in [5.41, 5.74) is -1.36. The Bertz CT molecular complexity index is 557. The van der Waals surface area contributed by atoms with Crippen molar-refractivity contribution in [3.05, 3.63) is 29.8 Å². The molecule has 0 aromatic heterocycles. The Kier molecular flexibility index (Phi) is 5.16. The number of halogens is 3. The molecular formula is C15H19F3N2O3. The fourth-order valence-corrected chi connectivity index (χ4v) is 2.51. The molecular weight excluding hydrogens is 313 g/mol. The fourth-order valence-electron chi connectivity index (χ4n) is 2.51. The minimum atomic E-state index is -4.44. The lowest BCUT2D eigenvalue weighted by atomic mass is 9.93. The highest BCUT2D eigenvalue weighted by molar-refractivity contribution is 5.78. The van der Waals surface area contributed by atoms with Gasteiger partial charge in [0.25, 0.3) is 0 Å². The number of methoxy groups -OCH3 is 2. The number of nitrogens with one attached hydrogen (secondary N) is 1. The quantitative estimate of drug-likeness (QED) is 0.859. The predicted octanol–water partition coefficient (Wildman–Crippen LogP) is 1.57. The maximum absolute atomic E-state index is 12.9. The molecule has 128 valence electrons. The second-order valence-corrected chi connectivity index (χ2v) is 5.43. The third-order valence-electron chi connectivity index (χ3n) is 3.90. The molecule has 0 spiro atoms. The second kappa shape index (κ2) is 6.76. The largest absolute Gasteiger partial charge is 0.496 e. The number of likely N-dealkylation sites (tertiary alicyclic amines) is 1. The van der Waals surface area contributed by atoms with Gasteiger partial charge in [0.2, 0.25) is 5.91 Å². The summed E-state index contributed by atoms with van der Waals surface area (Å²) in [5.74, 6) is 0.301. The van der Waals surface area contributed by atoms with Gasteiger partial charge in [-0.1, -0.05) is 18.2 Å². The van der Waals surface area contributed by atoms with Crippen molar-refractivity contribution in [1.82, 2.24) is 10.2 Å². The first-order valence-electron chi connectivity index (χ1n) is 7.04. The molecule has 1 aromatic rings. The van der Waals surface area contributed by atoms with Gasteiger partial charge in [0.1, 0.15) is 5.75 Å². The van der Waals surface area contributed by atoms with Crippen LogP contribution in [0.5, 0.6) is 5.75 Å². The van der Waals surface area contributed by atoms with E-state index < -0.39 is 11.8 Å². The number of nitrogens with zero attached hydrogens (tertiary/aromatic N) is 1. The van der Waals surface area contributed by atoms with Crippen molar-refractivity contribution in [2.45, 2.75) is 18.3 Å². The van der Waals surface area contributed by atoms with E-state index in [1.165, 1.54) is 12.0 Å². The maximum Gasteiger partial charge on any atom is 0.419 e. The van der Waals surface area contributed by atoms with Crippen molar-refractivity contribution in [3.8, 4) is 5.75 Å². The Morgan fingerprint density at radius 3 is 2.52 bits per heavy atom. The summed E-state index contributed by atoms with van der Waals surface area (Å²) in [4.78, 5) is 13.2. The number of carbonyl (C=O) groups is 1. The van der Waals surface area contributed by atoms with Gasteiger partial charge in [0.15, 0.2) is 5.60 Å². The molecule has 0 aliphatic carbocycles. The Balaban J connectivity index is 1.81. The van der Waals surface area contributed by atoms with Crippen LogP contribution >= 0.6 is 0 Å². The summed E-state index contributed by atoms with van der Waals surface area (Å²) in [6, 6.07) is 7.21. The van der Waals surface area contributed by atoms with E-state index in [9.17, 15) is 18.0 Å². The first-order chi connectivity index (χ1) is 10.8. The highest BCUT2D eigenvalue weighted by atomic mass is 19.4. The minimum absolute atomic E-state index is 0.101. The average Bonchev–Trinajstić information content (AvgIpc) is 2.47. The normalized spacial score (nSPS) is 17.4. The molecule has 1 aromatic carbocycles. The van der Waals surface area contributed by atoms with Gasteiger partial charge in [0, 0.05) is 32.3 Å². The summed E-state index contributed by atoms with van der Waals surface area (Å²) in [6.07, 6.45) is -4.44. The molecule has 1 fully saturated rings. The Labute approximate surface area is 132 Å². The van der Waals surface area contributed by atoms with Gasteiger partial charge in [-0.05, 0) is 6.07 Å². The van der Waals surface area contributed by atoms with Gasteiger partial charge in [-0.2, -0.15) is 13.2 Å². The number of amides is 1. The van der Waals surface area contributed by atoms with Crippen LogP contribution in [0.1, 0.15) is 5.56 Å². The van der Waals surface area contributed by atoms with Crippen molar-refractivity contribution >= 4 is 5.91 Å². The first kappa shape index (κ1) is 17.6. The molecule has 0 unspecified atom stereocenters. The van der Waals surface area contributed by atoms with E-state index in [-0.39, 0.29) is 32.1 Å². The van der Waals surface area contributed by atoms with E-state index in [1.807, 2.05) is 18.2 Å². The van der Waals surface area contributed by atoms with E-state index in [4.69, 9.17) is 4.74 Å². The van der Waals surface area contributed by atoms with Crippen LogP contribution in [0.3, 0.4) is 0 Å². The highest BCUT2D eigenvalue weighted by Gasteiger charge is 2.62. The first-order valence-corrected chi connectivity index (χ1v) is 7.04. The lowest BCUT2D eigenvalue weighted by Crippen LogP contribution is -2.70. The van der Waals surface area contributed by atoms with Gasteiger partial charge in [0.05, 0.1) is 13.7 Å². The number of hydrogen-bond acceptors (Lipinski definition) is 4. The van der Waals surface area contributed by atoms with Crippen LogP contribution in [0.15, 0.2) is 24.3 Å². The van der Waals surface area contributed by atoms with E-state index in [0.717, 1.165) is 12.7 Å². The van der Waals surface area contributed by atoms with Crippen molar-refractivity contribution in [3.63, 3.8) is 0 Å². The van der Waals surface area contributed by atoms with E-state index in [2.05, 4.69) is 10.1 Å². The molecule has 0 radical (unpaired) electrons. The summed E-state index contributed by atoms with van der Waals surface area (Å²) in [7, 11) is 2.56. The number of rotatable bonds is 6. The Morgan fingerprint density at radius 1 is 1.30 bits per heavy atom. The number of benzene rings is 1. The fraction of sp³-hybridized carbons (Fsp3) is 0.533. The van der Waals surface area contributed by atoms with Gasteiger partial charge in [-0.25, -0.2) is 0 Å². The minimum Gasteiger partial charge on any atom is -0.496 e. The van der Waals surface area contributed by atoms with Crippen molar-refractivity contribution in [2.24, 2.45) is 0 Å². The van der Waals surface area contributed by atoms with Gasteiger partial charge >= 0.3 is 6.18 Å². The van der Waals surface area contributed by atoms with E-state index in [0.29, 0.717) is 5.75 Å². The number of alkyl halides is 3. The number of ether oxygens (including phenoxy) is 2. The molecule has 1 heterocycles. The van der Waals surface area contributed by atoms with E-state index in [1.54, 1.807) is 6.07 Å². The Hall–Kier alpha value is -1.80. The molecule has 5 nitrogen and oxygen atoms in total. The van der Waals surface area contributed by atoms with Crippen molar-refractivity contribution in [2.75, 3.05) is 33.9 Å². The monoisotopic (exact) mass is 332 g/mol. The zero-order valence-corrected chi connectivity index (χ0v) is 12.9. The Morgan fingerprint density at radius 2 is 1.96 bits per heavy atom. The SMILES string of the molecule is COc1ccccc1CNC(=O)CN1CC(OC)(C(F)(F)F)C1. The van der Waals surface area contributed by atoms with Gasteiger partial charge in [-0.15, -0.1) is 0 Å². The molecule has 0 bridgehead atoms. The average molecular weight is 332 g/mol. The third-order valence-corrected chi connectivity index (χ3v) is 3.90. The molecule has 1 saturated heterocycles. The summed E-state index contributed by atoms with van der Waals surface area (Å²) in [5, 5.41) is 2.67. The second-order valence-electron chi connectivity index (χ2n) is 5.43. The molecule has 1 amide bonds. The standard InChI is InChI=1S/C15H19F3N2O3/c1-22-12-6-4-3-5-11(12)7-19-13(21)8-20-9-14(10-20,23-2)15(16,17)18/h3-6H,7-10H2,1-2H3,(H,19,21). The molecule has 0 saturated carbocycles. The summed E-state index contributed by atoms with van der Waals surface area (Å²) in [6.45, 7) is -0.522. The van der Waals surface area contributed by atoms with Crippen LogP contribution in [0.4, 0.5) is 13.2 Å². The smallest absolute Gasteiger partial charge is 0.419 e. The topological polar surface area (TPSA) is 50.8 Å². The molecule has 1 aliphatic heterocycles. The van der Waals surface area contributed by atoms with Gasteiger partial charge < -0.3 is 14.8 Å². The maximum atomic E-state index is 12.9. The molecule has 8 heteroatoms. The lowest BCUT2D eigenvalue weighted by molar-refractivity contribution is -0.309. The lowest BCUT2D eigenvalue weighted by Gasteiger charge is -2.49. The van der Waals surface area contributed by atoms with E-state index >= 15 is 0 Å². The molecule has 0 atom stereocenters. The molecule has 2 rings (SSSR count).